The summed E-state index contributed by atoms with van der Waals surface area (Å²) in [4.78, 5) is 10.9. The van der Waals surface area contributed by atoms with Gasteiger partial charge in [-0.3, -0.25) is 4.79 Å². The van der Waals surface area contributed by atoms with Gasteiger partial charge in [0.1, 0.15) is 6.61 Å². The fraction of sp³-hybridized carbons (Fsp3) is 0.889. The summed E-state index contributed by atoms with van der Waals surface area (Å²) in [5.41, 5.74) is 0. The van der Waals surface area contributed by atoms with E-state index in [1.54, 1.807) is 0 Å². The van der Waals surface area contributed by atoms with Crippen molar-refractivity contribution in [3.05, 3.63) is 0 Å². The largest absolute Gasteiger partial charge is 0.376 e. The van der Waals surface area contributed by atoms with Crippen molar-refractivity contribution in [1.29, 1.82) is 0 Å². The number of ether oxygens (including phenoxy) is 2. The Labute approximate surface area is 78.6 Å². The SMILES string of the molecule is CCNC(=O)COCC1CCCO1. The summed E-state index contributed by atoms with van der Waals surface area (Å²) in [6, 6.07) is 0. The van der Waals surface area contributed by atoms with Crippen molar-refractivity contribution >= 4 is 5.91 Å². The average Bonchev–Trinajstić information content (AvgIpc) is 2.57. The normalized spacial score (nSPS) is 21.8. The van der Waals surface area contributed by atoms with Gasteiger partial charge < -0.3 is 14.8 Å². The van der Waals surface area contributed by atoms with E-state index in [1.807, 2.05) is 6.92 Å². The minimum Gasteiger partial charge on any atom is -0.376 e. The molecule has 1 aliphatic rings. The van der Waals surface area contributed by atoms with Gasteiger partial charge in [-0.15, -0.1) is 0 Å². The quantitative estimate of drug-likeness (QED) is 0.674. The molecule has 1 rings (SSSR count). The number of carbonyl (C=O) groups excluding carboxylic acids is 1. The van der Waals surface area contributed by atoms with Gasteiger partial charge in [0.15, 0.2) is 0 Å². The summed E-state index contributed by atoms with van der Waals surface area (Å²) in [6.07, 6.45) is 2.36. The molecule has 1 unspecified atom stereocenters. The maximum absolute atomic E-state index is 10.9. The molecule has 0 aromatic carbocycles. The van der Waals surface area contributed by atoms with E-state index in [2.05, 4.69) is 5.32 Å². The standard InChI is InChI=1S/C9H17NO3/c1-2-10-9(11)7-12-6-8-4-3-5-13-8/h8H,2-7H2,1H3,(H,10,11). The molecule has 0 aromatic rings. The first-order valence-electron chi connectivity index (χ1n) is 4.79. The Hall–Kier alpha value is -0.610. The van der Waals surface area contributed by atoms with E-state index in [0.717, 1.165) is 19.4 Å². The number of carbonyl (C=O) groups is 1. The van der Waals surface area contributed by atoms with Crippen LogP contribution in [0.5, 0.6) is 0 Å². The molecular formula is C9H17NO3. The monoisotopic (exact) mass is 187 g/mol. The zero-order valence-corrected chi connectivity index (χ0v) is 8.04. The summed E-state index contributed by atoms with van der Waals surface area (Å²) in [7, 11) is 0. The molecule has 4 heteroatoms. The molecule has 0 radical (unpaired) electrons. The van der Waals surface area contributed by atoms with Crippen LogP contribution in [-0.4, -0.2) is 38.4 Å². The van der Waals surface area contributed by atoms with E-state index >= 15 is 0 Å². The molecule has 13 heavy (non-hydrogen) atoms. The second-order valence-corrected chi connectivity index (χ2v) is 3.10. The van der Waals surface area contributed by atoms with E-state index in [0.29, 0.717) is 13.2 Å². The summed E-state index contributed by atoms with van der Waals surface area (Å²) < 4.78 is 10.5. The lowest BCUT2D eigenvalue weighted by Gasteiger charge is -2.09. The minimum absolute atomic E-state index is 0.0551. The first-order chi connectivity index (χ1) is 6.33. The minimum atomic E-state index is -0.0551. The molecule has 1 N–H and O–H groups in total. The molecule has 1 heterocycles. The van der Waals surface area contributed by atoms with Crippen LogP contribution in [0.15, 0.2) is 0 Å². The van der Waals surface area contributed by atoms with Crippen LogP contribution in [0.4, 0.5) is 0 Å². The van der Waals surface area contributed by atoms with Crippen molar-refractivity contribution in [2.24, 2.45) is 0 Å². The lowest BCUT2D eigenvalue weighted by atomic mass is 10.2. The van der Waals surface area contributed by atoms with Crippen molar-refractivity contribution in [2.45, 2.75) is 25.9 Å². The van der Waals surface area contributed by atoms with Crippen molar-refractivity contribution < 1.29 is 14.3 Å². The first kappa shape index (κ1) is 10.5. The number of nitrogens with one attached hydrogen (secondary N) is 1. The topological polar surface area (TPSA) is 47.6 Å². The van der Waals surface area contributed by atoms with Gasteiger partial charge in [0.2, 0.25) is 5.91 Å². The van der Waals surface area contributed by atoms with E-state index < -0.39 is 0 Å². The third-order valence-corrected chi connectivity index (χ3v) is 1.93. The van der Waals surface area contributed by atoms with E-state index in [1.165, 1.54) is 0 Å². The van der Waals surface area contributed by atoms with Gasteiger partial charge in [-0.05, 0) is 19.8 Å². The zero-order chi connectivity index (χ0) is 9.52. The fourth-order valence-electron chi connectivity index (χ4n) is 1.31. The van der Waals surface area contributed by atoms with Crippen molar-refractivity contribution in [2.75, 3.05) is 26.4 Å². The van der Waals surface area contributed by atoms with Crippen LogP contribution in [0, 0.1) is 0 Å². The molecule has 0 bridgehead atoms. The van der Waals surface area contributed by atoms with E-state index in [9.17, 15) is 4.79 Å². The van der Waals surface area contributed by atoms with Crippen LogP contribution in [-0.2, 0) is 14.3 Å². The molecule has 1 aliphatic heterocycles. The average molecular weight is 187 g/mol. The molecule has 1 amide bonds. The summed E-state index contributed by atoms with van der Waals surface area (Å²) in [6.45, 7) is 4.06. The van der Waals surface area contributed by atoms with E-state index in [-0.39, 0.29) is 18.6 Å². The van der Waals surface area contributed by atoms with Crippen LogP contribution >= 0.6 is 0 Å². The van der Waals surface area contributed by atoms with Gasteiger partial charge in [-0.25, -0.2) is 0 Å². The Morgan fingerprint density at radius 3 is 3.15 bits per heavy atom. The Morgan fingerprint density at radius 2 is 2.54 bits per heavy atom. The highest BCUT2D eigenvalue weighted by Crippen LogP contribution is 2.11. The highest BCUT2D eigenvalue weighted by molar-refractivity contribution is 5.77. The number of likely N-dealkylation sites (N-methyl/N-ethyl adjacent to an activating group) is 1. The first-order valence-corrected chi connectivity index (χ1v) is 4.79. The molecule has 1 atom stereocenters. The molecule has 1 saturated heterocycles. The molecule has 4 nitrogen and oxygen atoms in total. The van der Waals surface area contributed by atoms with Gasteiger partial charge in [-0.2, -0.15) is 0 Å². The Balaban J connectivity index is 1.96. The number of hydrogen-bond donors (Lipinski definition) is 1. The zero-order valence-electron chi connectivity index (χ0n) is 8.04. The smallest absolute Gasteiger partial charge is 0.245 e. The van der Waals surface area contributed by atoms with Crippen LogP contribution in [0.3, 0.4) is 0 Å². The van der Waals surface area contributed by atoms with Crippen molar-refractivity contribution in [1.82, 2.24) is 5.32 Å². The third-order valence-electron chi connectivity index (χ3n) is 1.93. The van der Waals surface area contributed by atoms with Crippen LogP contribution in [0.2, 0.25) is 0 Å². The Kier molecular flexibility index (Phi) is 4.78. The van der Waals surface area contributed by atoms with Gasteiger partial charge in [-0.1, -0.05) is 0 Å². The van der Waals surface area contributed by atoms with Crippen LogP contribution in [0.1, 0.15) is 19.8 Å². The predicted molar refractivity (Wildman–Crippen MR) is 48.5 cm³/mol. The highest BCUT2D eigenvalue weighted by Gasteiger charge is 2.15. The maximum Gasteiger partial charge on any atom is 0.245 e. The van der Waals surface area contributed by atoms with Crippen molar-refractivity contribution in [3.8, 4) is 0 Å². The maximum atomic E-state index is 10.9. The molecular weight excluding hydrogens is 170 g/mol. The lowest BCUT2D eigenvalue weighted by Crippen LogP contribution is -2.28. The summed E-state index contributed by atoms with van der Waals surface area (Å²) >= 11 is 0. The molecule has 0 spiro atoms. The van der Waals surface area contributed by atoms with Gasteiger partial charge in [0.05, 0.1) is 12.7 Å². The molecule has 0 aromatic heterocycles. The van der Waals surface area contributed by atoms with Gasteiger partial charge in [0.25, 0.3) is 0 Å². The van der Waals surface area contributed by atoms with Crippen LogP contribution in [0.25, 0.3) is 0 Å². The van der Waals surface area contributed by atoms with Gasteiger partial charge in [0, 0.05) is 13.2 Å². The Morgan fingerprint density at radius 1 is 1.69 bits per heavy atom. The molecule has 76 valence electrons. The predicted octanol–water partition coefficient (Wildman–Crippen LogP) is 0.318. The second-order valence-electron chi connectivity index (χ2n) is 3.10. The van der Waals surface area contributed by atoms with Crippen LogP contribution < -0.4 is 5.32 Å². The lowest BCUT2D eigenvalue weighted by molar-refractivity contribution is -0.126. The molecule has 0 aliphatic carbocycles. The van der Waals surface area contributed by atoms with Gasteiger partial charge >= 0.3 is 0 Å². The molecule has 0 saturated carbocycles. The van der Waals surface area contributed by atoms with Crippen molar-refractivity contribution in [3.63, 3.8) is 0 Å². The summed E-state index contributed by atoms with van der Waals surface area (Å²) in [5.74, 6) is -0.0551. The number of amides is 1. The second kappa shape index (κ2) is 5.94. The van der Waals surface area contributed by atoms with E-state index in [4.69, 9.17) is 9.47 Å². The highest BCUT2D eigenvalue weighted by atomic mass is 16.5. The third kappa shape index (κ3) is 4.24. The fourth-order valence-corrected chi connectivity index (χ4v) is 1.31. The number of rotatable bonds is 5. The molecule has 1 fully saturated rings. The summed E-state index contributed by atoms with van der Waals surface area (Å²) in [5, 5.41) is 2.67. The Bertz CT molecular complexity index is 155. The number of hydrogen-bond acceptors (Lipinski definition) is 3.